The number of rotatable bonds is 3. The summed E-state index contributed by atoms with van der Waals surface area (Å²) in [5.41, 5.74) is 0. The van der Waals surface area contributed by atoms with Gasteiger partial charge < -0.3 is 4.90 Å². The Hall–Kier alpha value is -0.530. The molecule has 2 heteroatoms. The summed E-state index contributed by atoms with van der Waals surface area (Å²) in [6.07, 6.45) is 0.847. The standard InChI is InChI=1S/C6H13NO/c1-6(2)4-7(3)5-8/h5-6H,4H2,1-3H3. The molecule has 0 aromatic carbocycles. The molecule has 0 fully saturated rings. The van der Waals surface area contributed by atoms with Crippen LogP contribution in [-0.2, 0) is 4.79 Å². The van der Waals surface area contributed by atoms with Crippen molar-refractivity contribution < 1.29 is 4.79 Å². The van der Waals surface area contributed by atoms with Crippen LogP contribution >= 0.6 is 0 Å². The quantitative estimate of drug-likeness (QED) is 0.496. The molecule has 0 radical (unpaired) electrons. The van der Waals surface area contributed by atoms with E-state index in [2.05, 4.69) is 13.8 Å². The van der Waals surface area contributed by atoms with Gasteiger partial charge in [0.05, 0.1) is 0 Å². The molecule has 0 saturated carbocycles. The largest absolute Gasteiger partial charge is 0.348 e. The van der Waals surface area contributed by atoms with E-state index in [1.54, 1.807) is 11.9 Å². The predicted molar refractivity (Wildman–Crippen MR) is 33.5 cm³/mol. The second kappa shape index (κ2) is 3.47. The summed E-state index contributed by atoms with van der Waals surface area (Å²) in [4.78, 5) is 11.6. The van der Waals surface area contributed by atoms with E-state index in [4.69, 9.17) is 0 Å². The molecule has 2 nitrogen and oxygen atoms in total. The number of amides is 1. The maximum absolute atomic E-state index is 9.97. The Morgan fingerprint density at radius 3 is 2.25 bits per heavy atom. The van der Waals surface area contributed by atoms with Crippen molar-refractivity contribution in [2.75, 3.05) is 13.6 Å². The minimum absolute atomic E-state index is 0.574. The van der Waals surface area contributed by atoms with Crippen LogP contribution in [-0.4, -0.2) is 24.9 Å². The Kier molecular flexibility index (Phi) is 3.24. The van der Waals surface area contributed by atoms with Crippen LogP contribution in [0.5, 0.6) is 0 Å². The molecule has 0 rings (SSSR count). The molecular formula is C6H13NO. The van der Waals surface area contributed by atoms with Crippen LogP contribution in [0.2, 0.25) is 0 Å². The van der Waals surface area contributed by atoms with Crippen molar-refractivity contribution in [3.63, 3.8) is 0 Å². The molecular weight excluding hydrogens is 102 g/mol. The number of carbonyl (C=O) groups is 1. The van der Waals surface area contributed by atoms with Crippen molar-refractivity contribution in [2.45, 2.75) is 13.8 Å². The van der Waals surface area contributed by atoms with Gasteiger partial charge in [0.2, 0.25) is 6.41 Å². The molecule has 0 aliphatic carbocycles. The summed E-state index contributed by atoms with van der Waals surface area (Å²) >= 11 is 0. The van der Waals surface area contributed by atoms with Crippen LogP contribution in [0.4, 0.5) is 0 Å². The summed E-state index contributed by atoms with van der Waals surface area (Å²) in [6, 6.07) is 0. The third-order valence-electron chi connectivity index (χ3n) is 0.833. The second-order valence-electron chi connectivity index (χ2n) is 2.44. The van der Waals surface area contributed by atoms with Crippen molar-refractivity contribution in [3.05, 3.63) is 0 Å². The van der Waals surface area contributed by atoms with Gasteiger partial charge in [-0.2, -0.15) is 0 Å². The second-order valence-corrected chi connectivity index (χ2v) is 2.44. The molecule has 0 unspecified atom stereocenters. The first-order valence-corrected chi connectivity index (χ1v) is 2.82. The highest BCUT2D eigenvalue weighted by Crippen LogP contribution is 1.91. The fourth-order valence-electron chi connectivity index (χ4n) is 0.619. The molecule has 0 saturated heterocycles. The highest BCUT2D eigenvalue weighted by atomic mass is 16.1. The number of hydrogen-bond acceptors (Lipinski definition) is 1. The maximum Gasteiger partial charge on any atom is 0.209 e. The van der Waals surface area contributed by atoms with E-state index in [0.717, 1.165) is 13.0 Å². The van der Waals surface area contributed by atoms with Gasteiger partial charge in [-0.3, -0.25) is 4.79 Å². The van der Waals surface area contributed by atoms with E-state index in [0.29, 0.717) is 5.92 Å². The lowest BCUT2D eigenvalue weighted by atomic mass is 10.2. The summed E-state index contributed by atoms with van der Waals surface area (Å²) in [7, 11) is 1.78. The fourth-order valence-corrected chi connectivity index (χ4v) is 0.619. The summed E-state index contributed by atoms with van der Waals surface area (Å²) < 4.78 is 0. The van der Waals surface area contributed by atoms with Crippen molar-refractivity contribution in [1.29, 1.82) is 0 Å². The van der Waals surface area contributed by atoms with E-state index in [-0.39, 0.29) is 0 Å². The van der Waals surface area contributed by atoms with Crippen LogP contribution in [0.3, 0.4) is 0 Å². The Morgan fingerprint density at radius 1 is 1.62 bits per heavy atom. The molecule has 8 heavy (non-hydrogen) atoms. The Balaban J connectivity index is 3.23. The fraction of sp³-hybridized carbons (Fsp3) is 0.833. The van der Waals surface area contributed by atoms with Gasteiger partial charge in [0, 0.05) is 13.6 Å². The Labute approximate surface area is 50.5 Å². The molecule has 0 N–H and O–H groups in total. The van der Waals surface area contributed by atoms with Gasteiger partial charge in [-0.25, -0.2) is 0 Å². The van der Waals surface area contributed by atoms with E-state index >= 15 is 0 Å². The molecule has 0 atom stereocenters. The third-order valence-corrected chi connectivity index (χ3v) is 0.833. The summed E-state index contributed by atoms with van der Waals surface area (Å²) in [5, 5.41) is 0. The molecule has 0 spiro atoms. The van der Waals surface area contributed by atoms with Crippen LogP contribution in [0, 0.1) is 5.92 Å². The molecule has 0 aliphatic rings. The van der Waals surface area contributed by atoms with Gasteiger partial charge >= 0.3 is 0 Å². The van der Waals surface area contributed by atoms with Gasteiger partial charge in [0.25, 0.3) is 0 Å². The number of carbonyl (C=O) groups excluding carboxylic acids is 1. The number of nitrogens with zero attached hydrogens (tertiary/aromatic N) is 1. The zero-order valence-corrected chi connectivity index (χ0v) is 5.72. The Morgan fingerprint density at radius 2 is 2.12 bits per heavy atom. The number of hydrogen-bond donors (Lipinski definition) is 0. The minimum atomic E-state index is 0.574. The topological polar surface area (TPSA) is 20.3 Å². The first kappa shape index (κ1) is 7.47. The van der Waals surface area contributed by atoms with Crippen LogP contribution < -0.4 is 0 Å². The smallest absolute Gasteiger partial charge is 0.209 e. The molecule has 48 valence electrons. The predicted octanol–water partition coefficient (Wildman–Crippen LogP) is 0.731. The zero-order valence-electron chi connectivity index (χ0n) is 5.72. The molecule has 1 amide bonds. The van der Waals surface area contributed by atoms with Crippen molar-refractivity contribution in [2.24, 2.45) is 5.92 Å². The summed E-state index contributed by atoms with van der Waals surface area (Å²) in [5.74, 6) is 0.574. The van der Waals surface area contributed by atoms with Gasteiger partial charge in [-0.15, -0.1) is 0 Å². The molecule has 0 aromatic rings. The average Bonchev–Trinajstić information content (AvgIpc) is 1.65. The van der Waals surface area contributed by atoms with Gasteiger partial charge in [-0.1, -0.05) is 13.8 Å². The third kappa shape index (κ3) is 3.65. The monoisotopic (exact) mass is 115 g/mol. The van der Waals surface area contributed by atoms with Crippen molar-refractivity contribution in [3.8, 4) is 0 Å². The lowest BCUT2D eigenvalue weighted by Crippen LogP contribution is -2.20. The Bertz CT molecular complexity index is 70.9. The lowest BCUT2D eigenvalue weighted by Gasteiger charge is -2.11. The van der Waals surface area contributed by atoms with Crippen LogP contribution in [0.1, 0.15) is 13.8 Å². The molecule has 0 aromatic heterocycles. The SMILES string of the molecule is CC(C)CN(C)C=O. The lowest BCUT2D eigenvalue weighted by molar-refractivity contribution is -0.117. The minimum Gasteiger partial charge on any atom is -0.348 e. The van der Waals surface area contributed by atoms with E-state index in [1.807, 2.05) is 0 Å². The molecule has 0 aliphatic heterocycles. The van der Waals surface area contributed by atoms with Crippen molar-refractivity contribution >= 4 is 6.41 Å². The molecule has 0 bridgehead atoms. The van der Waals surface area contributed by atoms with Gasteiger partial charge in [-0.05, 0) is 5.92 Å². The average molecular weight is 115 g/mol. The maximum atomic E-state index is 9.97. The van der Waals surface area contributed by atoms with Gasteiger partial charge in [0.15, 0.2) is 0 Å². The van der Waals surface area contributed by atoms with Crippen LogP contribution in [0.15, 0.2) is 0 Å². The van der Waals surface area contributed by atoms with E-state index < -0.39 is 0 Å². The summed E-state index contributed by atoms with van der Waals surface area (Å²) in [6.45, 7) is 5.02. The van der Waals surface area contributed by atoms with E-state index in [1.165, 1.54) is 0 Å². The highest BCUT2D eigenvalue weighted by Gasteiger charge is 1.95. The normalized spacial score (nSPS) is 9.50. The first-order valence-electron chi connectivity index (χ1n) is 2.82. The zero-order chi connectivity index (χ0) is 6.57. The van der Waals surface area contributed by atoms with Crippen LogP contribution in [0.25, 0.3) is 0 Å². The van der Waals surface area contributed by atoms with Gasteiger partial charge in [0.1, 0.15) is 0 Å². The van der Waals surface area contributed by atoms with E-state index in [9.17, 15) is 4.79 Å². The van der Waals surface area contributed by atoms with Crippen molar-refractivity contribution in [1.82, 2.24) is 4.90 Å². The molecule has 0 heterocycles. The first-order chi connectivity index (χ1) is 3.66. The highest BCUT2D eigenvalue weighted by molar-refractivity contribution is 5.46.